The zero-order valence-electron chi connectivity index (χ0n) is 18.0. The van der Waals surface area contributed by atoms with Crippen LogP contribution in [0.25, 0.3) is 10.9 Å². The highest BCUT2D eigenvalue weighted by molar-refractivity contribution is 6.04. The molecule has 0 aliphatic rings. The Balaban J connectivity index is 1.35. The molecule has 32 heavy (non-hydrogen) atoms. The van der Waals surface area contributed by atoms with Gasteiger partial charge in [-0.2, -0.15) is 0 Å². The Labute approximate surface area is 185 Å². The minimum atomic E-state index is -0.310. The van der Waals surface area contributed by atoms with E-state index in [1.807, 2.05) is 26.8 Å². The average molecular weight is 429 g/mol. The van der Waals surface area contributed by atoms with E-state index in [4.69, 9.17) is 4.52 Å². The standard InChI is InChI=1S/C24H23N5O3/c1-24(2,3)20-13-21(29-32-20)28-22(30)12-15-4-7-17(8-5-15)26-23(31)19-9-6-16-14-25-11-10-18(16)27-19/h4-11,13-14H,12H2,1-3H3,(H,26,31)(H,28,29,30). The summed E-state index contributed by atoms with van der Waals surface area (Å²) >= 11 is 0. The summed E-state index contributed by atoms with van der Waals surface area (Å²) < 4.78 is 5.28. The second-order valence-electron chi connectivity index (χ2n) is 8.47. The smallest absolute Gasteiger partial charge is 0.274 e. The molecule has 0 radical (unpaired) electrons. The van der Waals surface area contributed by atoms with Gasteiger partial charge in [-0.25, -0.2) is 4.98 Å². The molecule has 3 heterocycles. The summed E-state index contributed by atoms with van der Waals surface area (Å²) in [6, 6.07) is 14.0. The molecule has 1 aromatic carbocycles. The van der Waals surface area contributed by atoms with Crippen LogP contribution in [-0.4, -0.2) is 26.9 Å². The number of rotatable bonds is 5. The van der Waals surface area contributed by atoms with E-state index in [1.165, 1.54) is 0 Å². The van der Waals surface area contributed by atoms with E-state index in [2.05, 4.69) is 25.8 Å². The molecule has 0 spiro atoms. The summed E-state index contributed by atoms with van der Waals surface area (Å²) in [5.74, 6) is 0.577. The van der Waals surface area contributed by atoms with Crippen molar-refractivity contribution in [3.63, 3.8) is 0 Å². The van der Waals surface area contributed by atoms with Crippen LogP contribution in [0, 0.1) is 0 Å². The van der Waals surface area contributed by atoms with E-state index in [1.54, 1.807) is 54.9 Å². The third-order valence-corrected chi connectivity index (χ3v) is 4.82. The van der Waals surface area contributed by atoms with Crippen LogP contribution < -0.4 is 10.6 Å². The number of aromatic nitrogens is 3. The van der Waals surface area contributed by atoms with Crippen molar-refractivity contribution in [2.45, 2.75) is 32.6 Å². The van der Waals surface area contributed by atoms with Crippen LogP contribution in [0.1, 0.15) is 42.6 Å². The minimum absolute atomic E-state index is 0.173. The van der Waals surface area contributed by atoms with E-state index in [0.29, 0.717) is 28.5 Å². The van der Waals surface area contributed by atoms with Gasteiger partial charge in [0.05, 0.1) is 11.9 Å². The van der Waals surface area contributed by atoms with Gasteiger partial charge in [0.2, 0.25) is 5.91 Å². The van der Waals surface area contributed by atoms with Gasteiger partial charge in [0.1, 0.15) is 11.5 Å². The van der Waals surface area contributed by atoms with Gasteiger partial charge >= 0.3 is 0 Å². The van der Waals surface area contributed by atoms with Gasteiger partial charge in [0, 0.05) is 34.9 Å². The molecule has 0 fully saturated rings. The van der Waals surface area contributed by atoms with Crippen molar-refractivity contribution >= 4 is 34.2 Å². The van der Waals surface area contributed by atoms with Gasteiger partial charge in [-0.15, -0.1) is 0 Å². The molecule has 0 unspecified atom stereocenters. The SMILES string of the molecule is CC(C)(C)c1cc(NC(=O)Cc2ccc(NC(=O)c3ccc4cnccc4n3)cc2)no1. The molecular weight excluding hydrogens is 406 g/mol. The minimum Gasteiger partial charge on any atom is -0.359 e. The first kappa shape index (κ1) is 21.2. The molecule has 2 amide bonds. The fraction of sp³-hybridized carbons (Fsp3) is 0.208. The number of amides is 2. The fourth-order valence-electron chi connectivity index (χ4n) is 3.05. The largest absolute Gasteiger partial charge is 0.359 e. The van der Waals surface area contributed by atoms with Crippen molar-refractivity contribution in [3.05, 3.63) is 77.9 Å². The first-order valence-corrected chi connectivity index (χ1v) is 10.2. The zero-order chi connectivity index (χ0) is 22.7. The number of carbonyl (C=O) groups excluding carboxylic acids is 2. The van der Waals surface area contributed by atoms with E-state index in [9.17, 15) is 9.59 Å². The maximum atomic E-state index is 12.5. The number of nitrogens with one attached hydrogen (secondary N) is 2. The van der Waals surface area contributed by atoms with Crippen molar-refractivity contribution in [1.82, 2.24) is 15.1 Å². The molecule has 0 saturated heterocycles. The van der Waals surface area contributed by atoms with Crippen LogP contribution in [0.3, 0.4) is 0 Å². The monoisotopic (exact) mass is 429 g/mol. The van der Waals surface area contributed by atoms with Gasteiger partial charge in [-0.05, 0) is 35.9 Å². The van der Waals surface area contributed by atoms with Gasteiger partial charge in [0.25, 0.3) is 5.91 Å². The molecule has 0 bridgehead atoms. The highest BCUT2D eigenvalue weighted by atomic mass is 16.5. The summed E-state index contributed by atoms with van der Waals surface area (Å²) in [6.07, 6.45) is 3.51. The molecule has 8 nitrogen and oxygen atoms in total. The summed E-state index contributed by atoms with van der Waals surface area (Å²) in [6.45, 7) is 6.02. The Morgan fingerprint density at radius 3 is 2.50 bits per heavy atom. The highest BCUT2D eigenvalue weighted by Gasteiger charge is 2.20. The van der Waals surface area contributed by atoms with E-state index in [-0.39, 0.29) is 23.7 Å². The fourth-order valence-corrected chi connectivity index (χ4v) is 3.05. The van der Waals surface area contributed by atoms with Crippen molar-refractivity contribution in [2.75, 3.05) is 10.6 Å². The summed E-state index contributed by atoms with van der Waals surface area (Å²) in [7, 11) is 0. The number of pyridine rings is 2. The van der Waals surface area contributed by atoms with Crippen LogP contribution in [0.4, 0.5) is 11.5 Å². The number of carbonyl (C=O) groups is 2. The van der Waals surface area contributed by atoms with Crippen LogP contribution >= 0.6 is 0 Å². The third-order valence-electron chi connectivity index (χ3n) is 4.82. The lowest BCUT2D eigenvalue weighted by Gasteiger charge is -2.12. The van der Waals surface area contributed by atoms with Crippen molar-refractivity contribution in [1.29, 1.82) is 0 Å². The molecule has 2 N–H and O–H groups in total. The van der Waals surface area contributed by atoms with Crippen LogP contribution in [0.15, 0.2) is 65.4 Å². The predicted octanol–water partition coefficient (Wildman–Crippen LogP) is 4.35. The summed E-state index contributed by atoms with van der Waals surface area (Å²) in [4.78, 5) is 33.3. The zero-order valence-corrected chi connectivity index (χ0v) is 18.0. The maximum absolute atomic E-state index is 12.5. The van der Waals surface area contributed by atoms with Gasteiger partial charge in [-0.3, -0.25) is 14.6 Å². The Kier molecular flexibility index (Phi) is 5.68. The molecular formula is C24H23N5O3. The Morgan fingerprint density at radius 1 is 1.00 bits per heavy atom. The average Bonchev–Trinajstić information content (AvgIpc) is 3.23. The molecule has 162 valence electrons. The molecule has 0 aliphatic carbocycles. The molecule has 4 aromatic rings. The van der Waals surface area contributed by atoms with E-state index in [0.717, 1.165) is 10.9 Å². The molecule has 0 saturated carbocycles. The van der Waals surface area contributed by atoms with Crippen molar-refractivity contribution < 1.29 is 14.1 Å². The lowest BCUT2D eigenvalue weighted by Crippen LogP contribution is -2.15. The molecule has 0 atom stereocenters. The van der Waals surface area contributed by atoms with Crippen LogP contribution in [0.5, 0.6) is 0 Å². The van der Waals surface area contributed by atoms with Crippen molar-refractivity contribution in [3.8, 4) is 0 Å². The second kappa shape index (κ2) is 8.58. The van der Waals surface area contributed by atoms with Gasteiger partial charge < -0.3 is 15.2 Å². The normalized spacial score (nSPS) is 11.3. The Bertz CT molecular complexity index is 1270. The number of fused-ring (bicyclic) bond motifs is 1. The second-order valence-corrected chi connectivity index (χ2v) is 8.47. The number of anilines is 2. The highest BCUT2D eigenvalue weighted by Crippen LogP contribution is 2.24. The topological polar surface area (TPSA) is 110 Å². The number of benzene rings is 1. The lowest BCUT2D eigenvalue weighted by atomic mass is 9.93. The quantitative estimate of drug-likeness (QED) is 0.488. The van der Waals surface area contributed by atoms with Crippen molar-refractivity contribution in [2.24, 2.45) is 0 Å². The maximum Gasteiger partial charge on any atom is 0.274 e. The predicted molar refractivity (Wildman–Crippen MR) is 121 cm³/mol. The van der Waals surface area contributed by atoms with E-state index >= 15 is 0 Å². The van der Waals surface area contributed by atoms with E-state index < -0.39 is 0 Å². The van der Waals surface area contributed by atoms with Gasteiger partial charge in [-0.1, -0.05) is 38.1 Å². The molecule has 8 heteroatoms. The molecule has 3 aromatic heterocycles. The van der Waals surface area contributed by atoms with Crippen LogP contribution in [0.2, 0.25) is 0 Å². The third kappa shape index (κ3) is 4.97. The Hall–Kier alpha value is -4.07. The first-order valence-electron chi connectivity index (χ1n) is 10.2. The van der Waals surface area contributed by atoms with Gasteiger partial charge in [0.15, 0.2) is 5.82 Å². The summed E-state index contributed by atoms with van der Waals surface area (Å²) in [5.41, 5.74) is 2.25. The Morgan fingerprint density at radius 2 is 1.78 bits per heavy atom. The number of hydrogen-bond donors (Lipinski definition) is 2. The van der Waals surface area contributed by atoms with Crippen LogP contribution in [-0.2, 0) is 16.6 Å². The summed E-state index contributed by atoms with van der Waals surface area (Å²) in [5, 5.41) is 10.3. The number of hydrogen-bond acceptors (Lipinski definition) is 6. The number of nitrogens with zero attached hydrogens (tertiary/aromatic N) is 3. The lowest BCUT2D eigenvalue weighted by molar-refractivity contribution is -0.115. The first-order chi connectivity index (χ1) is 15.3. The molecule has 0 aliphatic heterocycles. The molecule has 4 rings (SSSR count).